The third-order valence-corrected chi connectivity index (χ3v) is 3.33. The molecule has 1 fully saturated rings. The molecule has 3 rings (SSSR count). The molecule has 1 saturated heterocycles. The minimum atomic E-state index is 0.0185. The molecule has 2 atom stereocenters. The highest BCUT2D eigenvalue weighted by Gasteiger charge is 2.37. The molecular formula is C12H13N3O. The zero-order chi connectivity index (χ0) is 11.0. The van der Waals surface area contributed by atoms with Gasteiger partial charge in [-0.2, -0.15) is 0 Å². The Kier molecular flexibility index (Phi) is 2.20. The average Bonchev–Trinajstić information content (AvgIpc) is 2.59. The maximum absolute atomic E-state index is 12.3. The summed E-state index contributed by atoms with van der Waals surface area (Å²) < 4.78 is 0. The van der Waals surface area contributed by atoms with Crippen LogP contribution in [0.25, 0.3) is 0 Å². The molecule has 0 N–H and O–H groups in total. The van der Waals surface area contributed by atoms with E-state index < -0.39 is 0 Å². The summed E-state index contributed by atoms with van der Waals surface area (Å²) in [6.07, 6.45) is 12.2. The largest absolute Gasteiger partial charge is 0.328 e. The zero-order valence-corrected chi connectivity index (χ0v) is 8.91. The Morgan fingerprint density at radius 1 is 1.38 bits per heavy atom. The van der Waals surface area contributed by atoms with Crippen LogP contribution in [0.5, 0.6) is 0 Å². The van der Waals surface area contributed by atoms with E-state index >= 15 is 0 Å². The van der Waals surface area contributed by atoms with Gasteiger partial charge in [-0.05, 0) is 19.3 Å². The van der Waals surface area contributed by atoms with Crippen LogP contribution in [0.3, 0.4) is 0 Å². The molecule has 1 aromatic rings. The first kappa shape index (κ1) is 9.51. The molecule has 4 nitrogen and oxygen atoms in total. The van der Waals surface area contributed by atoms with Gasteiger partial charge in [-0.1, -0.05) is 12.2 Å². The molecule has 2 unspecified atom stereocenters. The first-order valence-corrected chi connectivity index (χ1v) is 5.61. The van der Waals surface area contributed by atoms with Crippen molar-refractivity contribution in [1.82, 2.24) is 14.9 Å². The third-order valence-electron chi connectivity index (χ3n) is 3.33. The molecule has 16 heavy (non-hydrogen) atoms. The fraction of sp³-hybridized carbons (Fsp3) is 0.417. The van der Waals surface area contributed by atoms with Crippen molar-refractivity contribution < 1.29 is 4.79 Å². The summed E-state index contributed by atoms with van der Waals surface area (Å²) in [5, 5.41) is 0. The van der Waals surface area contributed by atoms with E-state index in [1.54, 1.807) is 18.6 Å². The van der Waals surface area contributed by atoms with E-state index in [-0.39, 0.29) is 11.9 Å². The van der Waals surface area contributed by atoms with E-state index in [0.29, 0.717) is 11.7 Å². The molecular weight excluding hydrogens is 202 g/mol. The van der Waals surface area contributed by atoms with Gasteiger partial charge in [-0.15, -0.1) is 0 Å². The van der Waals surface area contributed by atoms with Crippen molar-refractivity contribution >= 4 is 5.91 Å². The maximum Gasteiger partial charge on any atom is 0.274 e. The average molecular weight is 215 g/mol. The molecule has 1 amide bonds. The number of hydrogen-bond donors (Lipinski definition) is 0. The molecule has 82 valence electrons. The van der Waals surface area contributed by atoms with Gasteiger partial charge in [0.15, 0.2) is 0 Å². The van der Waals surface area contributed by atoms with E-state index in [1.165, 1.54) is 0 Å². The second kappa shape index (κ2) is 3.70. The topological polar surface area (TPSA) is 46.1 Å². The highest BCUT2D eigenvalue weighted by molar-refractivity contribution is 5.92. The number of aromatic nitrogens is 2. The molecule has 2 aliphatic rings. The lowest BCUT2D eigenvalue weighted by atomic mass is 10.1. The summed E-state index contributed by atoms with van der Waals surface area (Å²) in [5.74, 6) is 0.0185. The van der Waals surface area contributed by atoms with Crippen LogP contribution >= 0.6 is 0 Å². The van der Waals surface area contributed by atoms with Crippen molar-refractivity contribution in [3.05, 3.63) is 36.4 Å². The van der Waals surface area contributed by atoms with Crippen LogP contribution in [0, 0.1) is 0 Å². The Hall–Kier alpha value is -1.71. The van der Waals surface area contributed by atoms with Gasteiger partial charge in [0, 0.05) is 18.4 Å². The Morgan fingerprint density at radius 2 is 2.31 bits per heavy atom. The standard InChI is InChI=1S/C12H13N3O/c16-12(11-8-13-6-7-14-11)15-9-2-1-3-10(15)5-4-9/h1-2,6-10H,3-5H2. The number of fused-ring (bicyclic) bond motifs is 2. The minimum absolute atomic E-state index is 0.0185. The number of amides is 1. The molecule has 2 aliphatic heterocycles. The lowest BCUT2D eigenvalue weighted by Crippen LogP contribution is -2.42. The smallest absolute Gasteiger partial charge is 0.274 e. The summed E-state index contributed by atoms with van der Waals surface area (Å²) in [5.41, 5.74) is 0.453. The Labute approximate surface area is 94.0 Å². The zero-order valence-electron chi connectivity index (χ0n) is 8.91. The van der Waals surface area contributed by atoms with Crippen molar-refractivity contribution in [3.63, 3.8) is 0 Å². The summed E-state index contributed by atoms with van der Waals surface area (Å²) in [6, 6.07) is 0.637. The van der Waals surface area contributed by atoms with Crippen LogP contribution in [0.1, 0.15) is 29.8 Å². The van der Waals surface area contributed by atoms with Gasteiger partial charge in [0.2, 0.25) is 0 Å². The van der Waals surface area contributed by atoms with Crippen LogP contribution in [-0.2, 0) is 0 Å². The Morgan fingerprint density at radius 3 is 3.06 bits per heavy atom. The summed E-state index contributed by atoms with van der Waals surface area (Å²) >= 11 is 0. The molecule has 3 heterocycles. The van der Waals surface area contributed by atoms with Gasteiger partial charge in [-0.3, -0.25) is 9.78 Å². The van der Waals surface area contributed by atoms with Gasteiger partial charge >= 0.3 is 0 Å². The lowest BCUT2D eigenvalue weighted by molar-refractivity contribution is 0.0682. The van der Waals surface area contributed by atoms with E-state index in [9.17, 15) is 4.79 Å². The number of rotatable bonds is 1. The lowest BCUT2D eigenvalue weighted by Gasteiger charge is -2.30. The molecule has 0 aromatic carbocycles. The predicted octanol–water partition coefficient (Wildman–Crippen LogP) is 1.41. The van der Waals surface area contributed by atoms with Crippen LogP contribution in [0.4, 0.5) is 0 Å². The molecule has 0 aliphatic carbocycles. The van der Waals surface area contributed by atoms with Gasteiger partial charge < -0.3 is 4.90 Å². The first-order chi connectivity index (χ1) is 7.86. The predicted molar refractivity (Wildman–Crippen MR) is 58.8 cm³/mol. The summed E-state index contributed by atoms with van der Waals surface area (Å²) in [6.45, 7) is 0. The van der Waals surface area contributed by atoms with Crippen molar-refractivity contribution in [1.29, 1.82) is 0 Å². The van der Waals surface area contributed by atoms with E-state index in [4.69, 9.17) is 0 Å². The van der Waals surface area contributed by atoms with Crippen LogP contribution < -0.4 is 0 Å². The van der Waals surface area contributed by atoms with Gasteiger partial charge in [-0.25, -0.2) is 4.98 Å². The third kappa shape index (κ3) is 1.41. The van der Waals surface area contributed by atoms with Gasteiger partial charge in [0.25, 0.3) is 5.91 Å². The molecule has 0 spiro atoms. The second-order valence-corrected chi connectivity index (χ2v) is 4.27. The number of carbonyl (C=O) groups is 1. The highest BCUT2D eigenvalue weighted by Crippen LogP contribution is 2.32. The number of hydrogen-bond acceptors (Lipinski definition) is 3. The molecule has 4 heteroatoms. The second-order valence-electron chi connectivity index (χ2n) is 4.27. The fourth-order valence-corrected chi connectivity index (χ4v) is 2.58. The molecule has 0 radical (unpaired) electrons. The summed E-state index contributed by atoms with van der Waals surface area (Å²) in [7, 11) is 0. The quantitative estimate of drug-likeness (QED) is 0.665. The number of nitrogens with zero attached hydrogens (tertiary/aromatic N) is 3. The summed E-state index contributed by atoms with van der Waals surface area (Å²) in [4.78, 5) is 22.2. The Balaban J connectivity index is 1.89. The number of carbonyl (C=O) groups excluding carboxylic acids is 1. The van der Waals surface area contributed by atoms with E-state index in [1.807, 2.05) is 4.90 Å². The van der Waals surface area contributed by atoms with Crippen LogP contribution in [-0.4, -0.2) is 32.9 Å². The minimum Gasteiger partial charge on any atom is -0.328 e. The first-order valence-electron chi connectivity index (χ1n) is 5.61. The van der Waals surface area contributed by atoms with Crippen LogP contribution in [0.2, 0.25) is 0 Å². The Bertz CT molecular complexity index is 429. The normalized spacial score (nSPS) is 27.1. The van der Waals surface area contributed by atoms with E-state index in [2.05, 4.69) is 22.1 Å². The van der Waals surface area contributed by atoms with Crippen molar-refractivity contribution in [2.45, 2.75) is 31.3 Å². The van der Waals surface area contributed by atoms with Crippen LogP contribution in [0.15, 0.2) is 30.7 Å². The fourth-order valence-electron chi connectivity index (χ4n) is 2.58. The highest BCUT2D eigenvalue weighted by atomic mass is 16.2. The van der Waals surface area contributed by atoms with Crippen molar-refractivity contribution in [2.75, 3.05) is 0 Å². The van der Waals surface area contributed by atoms with Crippen molar-refractivity contribution in [3.8, 4) is 0 Å². The van der Waals surface area contributed by atoms with Gasteiger partial charge in [0.05, 0.1) is 12.2 Å². The van der Waals surface area contributed by atoms with Gasteiger partial charge in [0.1, 0.15) is 5.69 Å². The molecule has 0 saturated carbocycles. The monoisotopic (exact) mass is 215 g/mol. The maximum atomic E-state index is 12.3. The molecule has 1 aromatic heterocycles. The SMILES string of the molecule is O=C(c1cnccn1)N1C2C=CCC1CC2. The van der Waals surface area contributed by atoms with E-state index in [0.717, 1.165) is 19.3 Å². The molecule has 2 bridgehead atoms. The van der Waals surface area contributed by atoms with Crippen molar-refractivity contribution in [2.24, 2.45) is 0 Å².